The number of benzene rings is 1. The number of likely N-dealkylation sites (N-methyl/N-ethyl adjacent to an activating group) is 1. The second-order valence-corrected chi connectivity index (χ2v) is 7.13. The number of hydrogen-bond donors (Lipinski definition) is 2. The fourth-order valence-electron chi connectivity index (χ4n) is 3.63. The molecule has 2 heterocycles. The van der Waals surface area contributed by atoms with Crippen LogP contribution in [-0.4, -0.2) is 70.6 Å². The zero-order valence-electron chi connectivity index (χ0n) is 14.4. The summed E-state index contributed by atoms with van der Waals surface area (Å²) < 4.78 is 6.63. The van der Waals surface area contributed by atoms with Crippen LogP contribution in [-0.2, 0) is 11.2 Å². The molecule has 0 aliphatic carbocycles. The van der Waals surface area contributed by atoms with E-state index in [1.807, 2.05) is 6.07 Å². The lowest BCUT2D eigenvalue weighted by Gasteiger charge is -2.37. The molecule has 3 rings (SSSR count). The van der Waals surface area contributed by atoms with Gasteiger partial charge in [0.2, 0.25) is 0 Å². The molecule has 2 aliphatic heterocycles. The summed E-state index contributed by atoms with van der Waals surface area (Å²) in [5.41, 5.74) is 9.55. The molecule has 1 aromatic carbocycles. The zero-order valence-corrected chi connectivity index (χ0v) is 14.4. The maximum absolute atomic E-state index is 5.92. The van der Waals surface area contributed by atoms with E-state index in [1.165, 1.54) is 28.7 Å². The molecular formula is C18H31N4O+. The fourth-order valence-corrected chi connectivity index (χ4v) is 3.63. The smallest absolute Gasteiger partial charge is 0.102 e. The number of nitrogen functional groups attached to an aromatic ring is 1. The Morgan fingerprint density at radius 1 is 1.26 bits per heavy atom. The van der Waals surface area contributed by atoms with E-state index < -0.39 is 0 Å². The minimum atomic E-state index is 0.867. The molecule has 0 saturated carbocycles. The van der Waals surface area contributed by atoms with Crippen LogP contribution in [0.1, 0.15) is 12.0 Å². The Hall–Kier alpha value is -1.30. The van der Waals surface area contributed by atoms with Gasteiger partial charge in [0.15, 0.2) is 0 Å². The fraction of sp³-hybridized carbons (Fsp3) is 0.667. The highest BCUT2D eigenvalue weighted by Crippen LogP contribution is 2.29. The lowest BCUT2D eigenvalue weighted by molar-refractivity contribution is -0.917. The third-order valence-corrected chi connectivity index (χ3v) is 5.26. The number of fused-ring (bicyclic) bond motifs is 1. The molecule has 0 aromatic heterocycles. The third kappa shape index (κ3) is 4.37. The topological polar surface area (TPSA) is 50.5 Å². The lowest BCUT2D eigenvalue weighted by atomic mass is 10.1. The predicted octanol–water partition coefficient (Wildman–Crippen LogP) is 1.09. The van der Waals surface area contributed by atoms with E-state index in [4.69, 9.17) is 10.5 Å². The normalized spacial score (nSPS) is 19.8. The molecule has 0 spiro atoms. The molecule has 5 nitrogen and oxygen atoms in total. The van der Waals surface area contributed by atoms with E-state index in [0.29, 0.717) is 0 Å². The monoisotopic (exact) mass is 319 g/mol. The Balaban J connectivity index is 1.33. The standard InChI is InChI=1S/C18H31N4O/c1-22(11-13-23-14-12-22)10-2-6-20-7-9-21-8-5-16-3-4-17(19)15-18(16)21/h3-4,15,20H,2,5-14,19H2,1H3/q+1. The van der Waals surface area contributed by atoms with E-state index >= 15 is 0 Å². The van der Waals surface area contributed by atoms with Crippen molar-refractivity contribution in [1.29, 1.82) is 0 Å². The van der Waals surface area contributed by atoms with Crippen LogP contribution in [0.5, 0.6) is 0 Å². The number of morpholine rings is 1. The molecule has 1 saturated heterocycles. The molecule has 0 bridgehead atoms. The van der Waals surface area contributed by atoms with Crippen molar-refractivity contribution in [2.45, 2.75) is 12.8 Å². The Morgan fingerprint density at radius 2 is 2.09 bits per heavy atom. The first-order valence-electron chi connectivity index (χ1n) is 8.92. The average molecular weight is 319 g/mol. The minimum Gasteiger partial charge on any atom is -0.399 e. The van der Waals surface area contributed by atoms with E-state index in [0.717, 1.165) is 64.6 Å². The van der Waals surface area contributed by atoms with Gasteiger partial charge in [0.25, 0.3) is 0 Å². The molecule has 0 unspecified atom stereocenters. The van der Waals surface area contributed by atoms with Crippen LogP contribution < -0.4 is 16.0 Å². The molecule has 2 aliphatic rings. The van der Waals surface area contributed by atoms with Crippen molar-refractivity contribution < 1.29 is 9.22 Å². The second kappa shape index (κ2) is 7.51. The Labute approximate surface area is 140 Å². The van der Waals surface area contributed by atoms with E-state index in [2.05, 4.69) is 29.4 Å². The molecular weight excluding hydrogens is 288 g/mol. The number of quaternary nitrogens is 1. The van der Waals surface area contributed by atoms with Gasteiger partial charge in [-0.25, -0.2) is 0 Å². The van der Waals surface area contributed by atoms with Crippen molar-refractivity contribution in [2.24, 2.45) is 0 Å². The Kier molecular flexibility index (Phi) is 5.41. The van der Waals surface area contributed by atoms with Gasteiger partial charge in [0, 0.05) is 44.0 Å². The quantitative estimate of drug-likeness (QED) is 0.449. The number of rotatable bonds is 7. The van der Waals surface area contributed by atoms with Crippen molar-refractivity contribution in [3.63, 3.8) is 0 Å². The van der Waals surface area contributed by atoms with Crippen LogP contribution in [0.4, 0.5) is 11.4 Å². The SMILES string of the molecule is C[N+]1(CCCNCCN2CCc3ccc(N)cc32)CCOCC1. The van der Waals surface area contributed by atoms with Crippen LogP contribution in [0, 0.1) is 0 Å². The van der Waals surface area contributed by atoms with Gasteiger partial charge >= 0.3 is 0 Å². The van der Waals surface area contributed by atoms with Crippen molar-refractivity contribution in [3.8, 4) is 0 Å². The van der Waals surface area contributed by atoms with Crippen LogP contribution in [0.2, 0.25) is 0 Å². The van der Waals surface area contributed by atoms with Gasteiger partial charge in [-0.1, -0.05) is 6.07 Å². The van der Waals surface area contributed by atoms with Gasteiger partial charge < -0.3 is 25.2 Å². The van der Waals surface area contributed by atoms with Gasteiger partial charge in [0.1, 0.15) is 13.1 Å². The molecule has 1 aromatic rings. The van der Waals surface area contributed by atoms with Crippen molar-refractivity contribution in [3.05, 3.63) is 23.8 Å². The van der Waals surface area contributed by atoms with Crippen LogP contribution in [0.15, 0.2) is 18.2 Å². The Bertz CT molecular complexity index is 514. The van der Waals surface area contributed by atoms with Crippen molar-refractivity contribution >= 4 is 11.4 Å². The van der Waals surface area contributed by atoms with Gasteiger partial charge in [-0.3, -0.25) is 0 Å². The van der Waals surface area contributed by atoms with Crippen molar-refractivity contribution in [2.75, 3.05) is 76.7 Å². The summed E-state index contributed by atoms with van der Waals surface area (Å²) in [4.78, 5) is 2.45. The summed E-state index contributed by atoms with van der Waals surface area (Å²) in [6.07, 6.45) is 2.38. The molecule has 23 heavy (non-hydrogen) atoms. The minimum absolute atomic E-state index is 0.867. The number of nitrogens with one attached hydrogen (secondary N) is 1. The number of ether oxygens (including phenoxy) is 1. The number of nitrogens with two attached hydrogens (primary N) is 1. The highest BCUT2D eigenvalue weighted by Gasteiger charge is 2.24. The van der Waals surface area contributed by atoms with Gasteiger partial charge in [0.05, 0.1) is 26.8 Å². The summed E-state index contributed by atoms with van der Waals surface area (Å²) >= 11 is 0. The highest BCUT2D eigenvalue weighted by atomic mass is 16.5. The summed E-state index contributed by atoms with van der Waals surface area (Å²) in [7, 11) is 2.36. The Morgan fingerprint density at radius 3 is 2.91 bits per heavy atom. The van der Waals surface area contributed by atoms with E-state index in [-0.39, 0.29) is 0 Å². The van der Waals surface area contributed by atoms with Crippen LogP contribution in [0.25, 0.3) is 0 Å². The van der Waals surface area contributed by atoms with Gasteiger partial charge in [-0.15, -0.1) is 0 Å². The maximum Gasteiger partial charge on any atom is 0.102 e. The molecule has 1 fully saturated rings. The molecule has 0 radical (unpaired) electrons. The highest BCUT2D eigenvalue weighted by molar-refractivity contribution is 5.64. The first kappa shape index (κ1) is 16.6. The maximum atomic E-state index is 5.92. The predicted molar refractivity (Wildman–Crippen MR) is 95.9 cm³/mol. The molecule has 3 N–H and O–H groups in total. The van der Waals surface area contributed by atoms with Gasteiger partial charge in [-0.2, -0.15) is 0 Å². The number of nitrogens with zero attached hydrogens (tertiary/aromatic N) is 2. The van der Waals surface area contributed by atoms with E-state index in [1.54, 1.807) is 0 Å². The molecule has 5 heteroatoms. The second-order valence-electron chi connectivity index (χ2n) is 7.13. The lowest BCUT2D eigenvalue weighted by Crippen LogP contribution is -2.52. The summed E-state index contributed by atoms with van der Waals surface area (Å²) in [5.74, 6) is 0. The summed E-state index contributed by atoms with van der Waals surface area (Å²) in [5, 5.41) is 3.60. The molecule has 0 atom stereocenters. The average Bonchev–Trinajstić information content (AvgIpc) is 2.94. The number of anilines is 2. The zero-order chi connectivity index (χ0) is 16.1. The molecule has 128 valence electrons. The van der Waals surface area contributed by atoms with Crippen LogP contribution in [0.3, 0.4) is 0 Å². The number of hydrogen-bond acceptors (Lipinski definition) is 4. The first-order valence-corrected chi connectivity index (χ1v) is 8.92. The van der Waals surface area contributed by atoms with E-state index in [9.17, 15) is 0 Å². The summed E-state index contributed by atoms with van der Waals surface area (Å²) in [6, 6.07) is 6.30. The first-order chi connectivity index (χ1) is 11.2. The van der Waals surface area contributed by atoms with Gasteiger partial charge in [-0.05, 0) is 24.1 Å². The molecule has 0 amide bonds. The largest absolute Gasteiger partial charge is 0.399 e. The third-order valence-electron chi connectivity index (χ3n) is 5.26. The van der Waals surface area contributed by atoms with Crippen molar-refractivity contribution in [1.82, 2.24) is 5.32 Å². The summed E-state index contributed by atoms with van der Waals surface area (Å²) in [6.45, 7) is 9.74. The van der Waals surface area contributed by atoms with Crippen LogP contribution >= 0.6 is 0 Å².